The number of carboxylic acids is 1. The van der Waals surface area contributed by atoms with Crippen molar-refractivity contribution in [1.82, 2.24) is 14.5 Å². The van der Waals surface area contributed by atoms with Gasteiger partial charge in [0, 0.05) is 12.6 Å². The van der Waals surface area contributed by atoms with E-state index in [0.717, 1.165) is 28.3 Å². The van der Waals surface area contributed by atoms with E-state index in [1.54, 1.807) is 0 Å². The molecule has 0 saturated carbocycles. The number of likely N-dealkylation sites (N-methyl/N-ethyl adjacent to an activating group) is 1. The van der Waals surface area contributed by atoms with E-state index in [4.69, 9.17) is 5.11 Å². The van der Waals surface area contributed by atoms with Crippen molar-refractivity contribution >= 4 is 28.8 Å². The first kappa shape index (κ1) is 15.9. The molecule has 0 aliphatic heterocycles. The van der Waals surface area contributed by atoms with Crippen molar-refractivity contribution in [3.63, 3.8) is 0 Å². The summed E-state index contributed by atoms with van der Waals surface area (Å²) in [6.45, 7) is 5.04. The van der Waals surface area contributed by atoms with Gasteiger partial charge in [0.1, 0.15) is 0 Å². The van der Waals surface area contributed by atoms with E-state index in [0.29, 0.717) is 0 Å². The van der Waals surface area contributed by atoms with Crippen molar-refractivity contribution in [1.29, 1.82) is 0 Å². The number of aromatic nitrogens is 2. The normalized spacial score (nSPS) is 13.0. The molecule has 0 aliphatic rings. The molecule has 21 heavy (non-hydrogen) atoms. The van der Waals surface area contributed by atoms with Crippen LogP contribution in [-0.4, -0.2) is 51.9 Å². The average Bonchev–Trinajstić information content (AvgIpc) is 2.72. The van der Waals surface area contributed by atoms with Crippen molar-refractivity contribution in [2.24, 2.45) is 0 Å². The van der Waals surface area contributed by atoms with Crippen molar-refractivity contribution < 1.29 is 9.90 Å². The van der Waals surface area contributed by atoms with E-state index in [9.17, 15) is 4.79 Å². The van der Waals surface area contributed by atoms with Crippen molar-refractivity contribution in [3.05, 3.63) is 23.8 Å². The SMILES string of the molecule is Cc1ccc2c(c1)nc(SCC(=O)O)n2C(C)CN(C)C. The second-order valence-electron chi connectivity index (χ2n) is 5.55. The summed E-state index contributed by atoms with van der Waals surface area (Å²) in [5, 5.41) is 9.67. The Bertz CT molecular complexity index is 652. The van der Waals surface area contributed by atoms with Crippen LogP contribution in [0.2, 0.25) is 0 Å². The number of nitrogens with zero attached hydrogens (tertiary/aromatic N) is 3. The number of aryl methyl sites for hydroxylation is 1. The Morgan fingerprint density at radius 2 is 2.19 bits per heavy atom. The fraction of sp³-hybridized carbons (Fsp3) is 0.467. The molecule has 1 aromatic carbocycles. The van der Waals surface area contributed by atoms with E-state index in [1.807, 2.05) is 27.1 Å². The van der Waals surface area contributed by atoms with Gasteiger partial charge in [-0.15, -0.1) is 0 Å². The quantitative estimate of drug-likeness (QED) is 0.831. The summed E-state index contributed by atoms with van der Waals surface area (Å²) in [5.74, 6) is -0.799. The first-order valence-corrected chi connectivity index (χ1v) is 7.85. The summed E-state index contributed by atoms with van der Waals surface area (Å²) in [4.78, 5) is 17.6. The Kier molecular flexibility index (Phi) is 4.90. The standard InChI is InChI=1S/C15H21N3O2S/c1-10-5-6-13-12(7-10)16-15(21-9-14(19)20)18(13)11(2)8-17(3)4/h5-7,11H,8-9H2,1-4H3,(H,19,20). The molecular formula is C15H21N3O2S. The van der Waals surface area contributed by atoms with E-state index in [2.05, 4.69) is 33.5 Å². The van der Waals surface area contributed by atoms with Crippen molar-refractivity contribution in [2.75, 3.05) is 26.4 Å². The number of thioether (sulfide) groups is 1. The lowest BCUT2D eigenvalue weighted by atomic mass is 10.2. The largest absolute Gasteiger partial charge is 0.481 e. The average molecular weight is 307 g/mol. The molecule has 5 nitrogen and oxygen atoms in total. The van der Waals surface area contributed by atoms with Gasteiger partial charge in [-0.1, -0.05) is 17.8 Å². The van der Waals surface area contributed by atoms with E-state index < -0.39 is 5.97 Å². The summed E-state index contributed by atoms with van der Waals surface area (Å²) < 4.78 is 2.14. The minimum Gasteiger partial charge on any atom is -0.481 e. The highest BCUT2D eigenvalue weighted by molar-refractivity contribution is 7.99. The minimum atomic E-state index is -0.824. The van der Waals surface area contributed by atoms with Gasteiger partial charge < -0.3 is 14.6 Å². The summed E-state index contributed by atoms with van der Waals surface area (Å²) in [6.07, 6.45) is 0. The molecule has 114 valence electrons. The molecule has 1 unspecified atom stereocenters. The van der Waals surface area contributed by atoms with Gasteiger partial charge in [-0.3, -0.25) is 4.79 Å². The van der Waals surface area contributed by atoms with Crippen LogP contribution in [0.5, 0.6) is 0 Å². The number of hydrogen-bond acceptors (Lipinski definition) is 4. The fourth-order valence-electron chi connectivity index (χ4n) is 2.45. The Morgan fingerprint density at radius 1 is 1.48 bits per heavy atom. The molecule has 1 atom stereocenters. The molecule has 0 bridgehead atoms. The Morgan fingerprint density at radius 3 is 2.81 bits per heavy atom. The highest BCUT2D eigenvalue weighted by Gasteiger charge is 2.17. The second-order valence-corrected chi connectivity index (χ2v) is 6.49. The number of carbonyl (C=O) groups is 1. The van der Waals surface area contributed by atoms with Gasteiger partial charge in [-0.2, -0.15) is 0 Å². The second kappa shape index (κ2) is 6.49. The predicted molar refractivity (Wildman–Crippen MR) is 86.1 cm³/mol. The summed E-state index contributed by atoms with van der Waals surface area (Å²) in [6, 6.07) is 6.39. The number of rotatable bonds is 6. The summed E-state index contributed by atoms with van der Waals surface area (Å²) in [5.41, 5.74) is 3.14. The third-order valence-corrected chi connectivity index (χ3v) is 4.14. The van der Waals surface area contributed by atoms with Crippen LogP contribution >= 0.6 is 11.8 Å². The van der Waals surface area contributed by atoms with Crippen LogP contribution < -0.4 is 0 Å². The zero-order chi connectivity index (χ0) is 15.6. The number of imidazole rings is 1. The first-order chi connectivity index (χ1) is 9.88. The van der Waals surface area contributed by atoms with Crippen LogP contribution in [0.25, 0.3) is 11.0 Å². The fourth-order valence-corrected chi connectivity index (χ4v) is 3.28. The predicted octanol–water partition coefficient (Wildman–Crippen LogP) is 2.64. The highest BCUT2D eigenvalue weighted by atomic mass is 32.2. The maximum Gasteiger partial charge on any atom is 0.313 e. The molecule has 0 saturated heterocycles. The highest BCUT2D eigenvalue weighted by Crippen LogP contribution is 2.28. The maximum absolute atomic E-state index is 10.8. The lowest BCUT2D eigenvalue weighted by molar-refractivity contribution is -0.133. The van der Waals surface area contributed by atoms with E-state index >= 15 is 0 Å². The number of benzene rings is 1. The van der Waals surface area contributed by atoms with Crippen LogP contribution in [0.15, 0.2) is 23.4 Å². The smallest absolute Gasteiger partial charge is 0.313 e. The molecule has 0 spiro atoms. The Hall–Kier alpha value is -1.53. The third-order valence-electron chi connectivity index (χ3n) is 3.21. The molecule has 0 radical (unpaired) electrons. The molecule has 6 heteroatoms. The monoisotopic (exact) mass is 307 g/mol. The first-order valence-electron chi connectivity index (χ1n) is 6.86. The molecule has 0 aliphatic carbocycles. The van der Waals surface area contributed by atoms with E-state index in [1.165, 1.54) is 11.8 Å². The molecular weight excluding hydrogens is 286 g/mol. The molecule has 1 aromatic heterocycles. The van der Waals surface area contributed by atoms with Crippen LogP contribution in [0.3, 0.4) is 0 Å². The van der Waals surface area contributed by atoms with Gasteiger partial charge in [-0.25, -0.2) is 4.98 Å². The molecule has 0 amide bonds. The molecule has 2 aromatic rings. The van der Waals surface area contributed by atoms with Crippen LogP contribution in [-0.2, 0) is 4.79 Å². The van der Waals surface area contributed by atoms with Gasteiger partial charge in [0.15, 0.2) is 5.16 Å². The zero-order valence-corrected chi connectivity index (χ0v) is 13.6. The molecule has 1 N–H and O–H groups in total. The van der Waals surface area contributed by atoms with Crippen LogP contribution in [0.4, 0.5) is 0 Å². The minimum absolute atomic E-state index is 0.0248. The van der Waals surface area contributed by atoms with E-state index in [-0.39, 0.29) is 11.8 Å². The van der Waals surface area contributed by atoms with Crippen LogP contribution in [0, 0.1) is 6.92 Å². The Balaban J connectivity index is 2.46. The zero-order valence-electron chi connectivity index (χ0n) is 12.8. The van der Waals surface area contributed by atoms with Gasteiger partial charge in [0.2, 0.25) is 0 Å². The number of fused-ring (bicyclic) bond motifs is 1. The lowest BCUT2D eigenvalue weighted by Crippen LogP contribution is -2.23. The molecule has 2 rings (SSSR count). The summed E-state index contributed by atoms with van der Waals surface area (Å²) in [7, 11) is 4.06. The Labute approximate surface area is 129 Å². The van der Waals surface area contributed by atoms with Gasteiger partial charge in [0.05, 0.1) is 16.8 Å². The topological polar surface area (TPSA) is 58.4 Å². The van der Waals surface area contributed by atoms with Gasteiger partial charge in [0.25, 0.3) is 0 Å². The van der Waals surface area contributed by atoms with Crippen molar-refractivity contribution in [3.8, 4) is 0 Å². The number of carboxylic acid groups (broad SMARTS) is 1. The molecule has 1 heterocycles. The van der Waals surface area contributed by atoms with Crippen LogP contribution in [0.1, 0.15) is 18.5 Å². The molecule has 0 fully saturated rings. The summed E-state index contributed by atoms with van der Waals surface area (Å²) >= 11 is 1.28. The maximum atomic E-state index is 10.8. The number of aliphatic carboxylic acids is 1. The van der Waals surface area contributed by atoms with Crippen molar-refractivity contribution in [2.45, 2.75) is 25.0 Å². The third kappa shape index (κ3) is 3.77. The lowest BCUT2D eigenvalue weighted by Gasteiger charge is -2.21. The number of hydrogen-bond donors (Lipinski definition) is 1. The van der Waals surface area contributed by atoms with Gasteiger partial charge in [-0.05, 0) is 45.6 Å². The van der Waals surface area contributed by atoms with Gasteiger partial charge >= 0.3 is 5.97 Å².